The van der Waals surface area contributed by atoms with Gasteiger partial charge in [-0.2, -0.15) is 0 Å². The van der Waals surface area contributed by atoms with Gasteiger partial charge < -0.3 is 19.9 Å². The second-order valence-electron chi connectivity index (χ2n) is 6.77. The van der Waals surface area contributed by atoms with Crippen molar-refractivity contribution in [3.63, 3.8) is 0 Å². The van der Waals surface area contributed by atoms with Gasteiger partial charge >= 0.3 is 0 Å². The van der Waals surface area contributed by atoms with Crippen LogP contribution in [0.3, 0.4) is 0 Å². The fraction of sp³-hybridized carbons (Fsp3) is 0.409. The molecule has 1 fully saturated rings. The first kappa shape index (κ1) is 19.2. The molecular weight excluding hydrogens is 342 g/mol. The van der Waals surface area contributed by atoms with Crippen LogP contribution >= 0.6 is 0 Å². The van der Waals surface area contributed by atoms with Gasteiger partial charge in [0.1, 0.15) is 5.60 Å². The van der Waals surface area contributed by atoms with Crippen LogP contribution in [0.4, 0.5) is 0 Å². The van der Waals surface area contributed by atoms with E-state index in [1.807, 2.05) is 44.2 Å². The van der Waals surface area contributed by atoms with Gasteiger partial charge in [0.25, 0.3) is 5.91 Å². The molecule has 1 amide bonds. The summed E-state index contributed by atoms with van der Waals surface area (Å²) >= 11 is 0. The first-order chi connectivity index (χ1) is 13.1. The van der Waals surface area contributed by atoms with Crippen molar-refractivity contribution >= 4 is 5.91 Å². The third-order valence-corrected chi connectivity index (χ3v) is 4.85. The van der Waals surface area contributed by atoms with E-state index in [9.17, 15) is 9.90 Å². The van der Waals surface area contributed by atoms with Gasteiger partial charge in [-0.25, -0.2) is 0 Å². The summed E-state index contributed by atoms with van der Waals surface area (Å²) in [6.45, 7) is 4.98. The molecule has 2 aromatic carbocycles. The summed E-state index contributed by atoms with van der Waals surface area (Å²) in [6.07, 6.45) is 1.94. The fourth-order valence-corrected chi connectivity index (χ4v) is 3.28. The number of carbonyl (C=O) groups is 1. The van der Waals surface area contributed by atoms with E-state index < -0.39 is 5.60 Å². The zero-order chi connectivity index (χ0) is 19.3. The maximum Gasteiger partial charge on any atom is 0.251 e. The molecule has 0 aliphatic heterocycles. The molecule has 2 N–H and O–H groups in total. The zero-order valence-electron chi connectivity index (χ0n) is 15.9. The normalized spacial score (nSPS) is 15.7. The van der Waals surface area contributed by atoms with Gasteiger partial charge in [-0.15, -0.1) is 0 Å². The molecule has 0 spiro atoms. The maximum atomic E-state index is 12.7. The summed E-state index contributed by atoms with van der Waals surface area (Å²) in [5.41, 5.74) is 0.285. The molecule has 0 aromatic heterocycles. The van der Waals surface area contributed by atoms with Crippen LogP contribution in [0, 0.1) is 5.92 Å². The number of hydrogen-bond donors (Lipinski definition) is 2. The average Bonchev–Trinajstić information content (AvgIpc) is 3.54. The minimum atomic E-state index is -1.04. The summed E-state index contributed by atoms with van der Waals surface area (Å²) in [6, 6.07) is 14.7. The third-order valence-electron chi connectivity index (χ3n) is 4.85. The second-order valence-corrected chi connectivity index (χ2v) is 6.77. The number of rotatable bonds is 9. The largest absolute Gasteiger partial charge is 0.490 e. The Hall–Kier alpha value is -2.53. The summed E-state index contributed by atoms with van der Waals surface area (Å²) in [4.78, 5) is 12.7. The number of benzene rings is 2. The Morgan fingerprint density at radius 3 is 2.37 bits per heavy atom. The Morgan fingerprint density at radius 1 is 1.07 bits per heavy atom. The Balaban J connectivity index is 1.74. The summed E-state index contributed by atoms with van der Waals surface area (Å²) in [5.74, 6) is 1.11. The lowest BCUT2D eigenvalue weighted by molar-refractivity contribution is 0.0135. The van der Waals surface area contributed by atoms with E-state index in [0.29, 0.717) is 30.3 Å². The second kappa shape index (κ2) is 8.44. The number of ether oxygens (including phenoxy) is 2. The molecule has 1 atom stereocenters. The molecule has 2 aromatic rings. The van der Waals surface area contributed by atoms with Crippen molar-refractivity contribution in [2.75, 3.05) is 19.8 Å². The quantitative estimate of drug-likeness (QED) is 0.710. The monoisotopic (exact) mass is 369 g/mol. The van der Waals surface area contributed by atoms with Gasteiger partial charge in [-0.1, -0.05) is 30.3 Å². The standard InChI is InChI=1S/C22H27NO4/c1-3-26-19-13-10-16(14-20(19)27-4-2)21(24)23-15-22(25,18-11-12-18)17-8-6-5-7-9-17/h5-10,13-14,18,25H,3-4,11-12,15H2,1-2H3,(H,23,24). The number of carbonyl (C=O) groups excluding carboxylic acids is 1. The van der Waals surface area contributed by atoms with Crippen LogP contribution in [-0.2, 0) is 5.60 Å². The van der Waals surface area contributed by atoms with E-state index in [1.54, 1.807) is 18.2 Å². The van der Waals surface area contributed by atoms with Crippen LogP contribution in [0.1, 0.15) is 42.6 Å². The lowest BCUT2D eigenvalue weighted by Crippen LogP contribution is -2.42. The van der Waals surface area contributed by atoms with E-state index in [2.05, 4.69) is 5.32 Å². The molecule has 0 heterocycles. The average molecular weight is 369 g/mol. The van der Waals surface area contributed by atoms with Crippen LogP contribution < -0.4 is 14.8 Å². The number of nitrogens with one attached hydrogen (secondary N) is 1. The highest BCUT2D eigenvalue weighted by Crippen LogP contribution is 2.45. The van der Waals surface area contributed by atoms with Gasteiger partial charge in [0.05, 0.1) is 19.8 Å². The first-order valence-corrected chi connectivity index (χ1v) is 9.54. The van der Waals surface area contributed by atoms with E-state index >= 15 is 0 Å². The van der Waals surface area contributed by atoms with Crippen molar-refractivity contribution < 1.29 is 19.4 Å². The molecule has 1 aliphatic carbocycles. The zero-order valence-corrected chi connectivity index (χ0v) is 15.9. The Morgan fingerprint density at radius 2 is 1.74 bits per heavy atom. The van der Waals surface area contributed by atoms with Crippen LogP contribution in [-0.4, -0.2) is 30.8 Å². The Kier molecular flexibility index (Phi) is 6.01. The molecule has 0 saturated heterocycles. The smallest absolute Gasteiger partial charge is 0.251 e. The molecule has 144 valence electrons. The topological polar surface area (TPSA) is 67.8 Å². The van der Waals surface area contributed by atoms with Gasteiger partial charge in [-0.3, -0.25) is 4.79 Å². The molecule has 5 nitrogen and oxygen atoms in total. The van der Waals surface area contributed by atoms with Crippen molar-refractivity contribution in [3.05, 3.63) is 59.7 Å². The van der Waals surface area contributed by atoms with Crippen molar-refractivity contribution in [1.29, 1.82) is 0 Å². The summed E-state index contributed by atoms with van der Waals surface area (Å²) in [5, 5.41) is 14.1. The Bertz CT molecular complexity index is 773. The van der Waals surface area contributed by atoms with E-state index in [0.717, 1.165) is 18.4 Å². The molecule has 0 bridgehead atoms. The van der Waals surface area contributed by atoms with Gasteiger partial charge in [0, 0.05) is 5.56 Å². The van der Waals surface area contributed by atoms with Crippen LogP contribution in [0.5, 0.6) is 11.5 Å². The maximum absolute atomic E-state index is 12.7. The van der Waals surface area contributed by atoms with Gasteiger partial charge in [-0.05, 0) is 56.4 Å². The minimum Gasteiger partial charge on any atom is -0.490 e. The number of amides is 1. The predicted octanol–water partition coefficient (Wildman–Crippen LogP) is 3.51. The molecule has 5 heteroatoms. The van der Waals surface area contributed by atoms with Gasteiger partial charge in [0.15, 0.2) is 11.5 Å². The predicted molar refractivity (Wildman–Crippen MR) is 104 cm³/mol. The highest BCUT2D eigenvalue weighted by molar-refractivity contribution is 5.95. The summed E-state index contributed by atoms with van der Waals surface area (Å²) < 4.78 is 11.1. The first-order valence-electron chi connectivity index (χ1n) is 9.54. The molecule has 0 radical (unpaired) electrons. The SMILES string of the molecule is CCOc1ccc(C(=O)NCC(O)(c2ccccc2)C2CC2)cc1OCC. The molecule has 3 rings (SSSR count). The third kappa shape index (κ3) is 4.42. The summed E-state index contributed by atoms with van der Waals surface area (Å²) in [7, 11) is 0. The highest BCUT2D eigenvalue weighted by Gasteiger charge is 2.45. The van der Waals surface area contributed by atoms with Crippen molar-refractivity contribution in [2.24, 2.45) is 5.92 Å². The van der Waals surface area contributed by atoms with Crippen molar-refractivity contribution in [2.45, 2.75) is 32.3 Å². The number of aliphatic hydroxyl groups is 1. The molecule has 1 aliphatic rings. The van der Waals surface area contributed by atoms with Gasteiger partial charge in [0.2, 0.25) is 0 Å². The lowest BCUT2D eigenvalue weighted by Gasteiger charge is -2.29. The van der Waals surface area contributed by atoms with Crippen LogP contribution in [0.25, 0.3) is 0 Å². The van der Waals surface area contributed by atoms with E-state index in [4.69, 9.17) is 9.47 Å². The lowest BCUT2D eigenvalue weighted by atomic mass is 9.88. The van der Waals surface area contributed by atoms with Crippen molar-refractivity contribution in [3.8, 4) is 11.5 Å². The number of hydrogen-bond acceptors (Lipinski definition) is 4. The molecule has 27 heavy (non-hydrogen) atoms. The molecule has 1 unspecified atom stereocenters. The minimum absolute atomic E-state index is 0.178. The van der Waals surface area contributed by atoms with E-state index in [1.165, 1.54) is 0 Å². The fourth-order valence-electron chi connectivity index (χ4n) is 3.28. The van der Waals surface area contributed by atoms with E-state index in [-0.39, 0.29) is 18.4 Å². The molecule has 1 saturated carbocycles. The highest BCUT2D eigenvalue weighted by atomic mass is 16.5. The molecular formula is C22H27NO4. The Labute approximate surface area is 160 Å². The van der Waals surface area contributed by atoms with Crippen LogP contribution in [0.15, 0.2) is 48.5 Å². The van der Waals surface area contributed by atoms with Crippen LogP contribution in [0.2, 0.25) is 0 Å². The van der Waals surface area contributed by atoms with Crippen molar-refractivity contribution in [1.82, 2.24) is 5.32 Å².